The number of carbonyl (C=O) groups excluding carboxylic acids is 1. The lowest BCUT2D eigenvalue weighted by atomic mass is 10.1. The van der Waals surface area contributed by atoms with E-state index in [0.29, 0.717) is 21.5 Å². The topological polar surface area (TPSA) is 29.5 Å². The summed E-state index contributed by atoms with van der Waals surface area (Å²) in [4.78, 5) is 14.1. The molecule has 1 amide bonds. The van der Waals surface area contributed by atoms with Gasteiger partial charge in [-0.2, -0.15) is 0 Å². The van der Waals surface area contributed by atoms with Gasteiger partial charge in [-0.3, -0.25) is 9.69 Å². The second-order valence-electron chi connectivity index (χ2n) is 4.76. The van der Waals surface area contributed by atoms with E-state index < -0.39 is 0 Å². The Hall–Kier alpha value is -1.36. The SMILES string of the molecule is COc1cccc(N2C(=O)CSC2c2c(Cl)cccc2Cl)c1. The van der Waals surface area contributed by atoms with E-state index in [9.17, 15) is 4.79 Å². The molecule has 0 saturated carbocycles. The Morgan fingerprint density at radius 1 is 1.18 bits per heavy atom. The van der Waals surface area contributed by atoms with Crippen LogP contribution in [0.5, 0.6) is 5.75 Å². The summed E-state index contributed by atoms with van der Waals surface area (Å²) in [6.45, 7) is 0. The molecule has 3 nitrogen and oxygen atoms in total. The number of carbonyl (C=O) groups is 1. The van der Waals surface area contributed by atoms with Gasteiger partial charge in [-0.15, -0.1) is 11.8 Å². The van der Waals surface area contributed by atoms with Crippen LogP contribution in [0.4, 0.5) is 5.69 Å². The molecule has 1 heterocycles. The summed E-state index contributed by atoms with van der Waals surface area (Å²) in [6.07, 6.45) is 0. The molecular weight excluding hydrogens is 341 g/mol. The quantitative estimate of drug-likeness (QED) is 0.794. The Morgan fingerprint density at radius 2 is 1.86 bits per heavy atom. The lowest BCUT2D eigenvalue weighted by Gasteiger charge is -2.26. The van der Waals surface area contributed by atoms with Gasteiger partial charge in [0.2, 0.25) is 5.91 Å². The Bertz CT molecular complexity index is 703. The molecule has 1 atom stereocenters. The highest BCUT2D eigenvalue weighted by molar-refractivity contribution is 8.00. The van der Waals surface area contributed by atoms with Crippen molar-refractivity contribution < 1.29 is 9.53 Å². The number of benzene rings is 2. The van der Waals surface area contributed by atoms with Gasteiger partial charge in [0, 0.05) is 27.4 Å². The number of ether oxygens (including phenoxy) is 1. The van der Waals surface area contributed by atoms with Crippen molar-refractivity contribution in [2.24, 2.45) is 0 Å². The number of nitrogens with zero attached hydrogens (tertiary/aromatic N) is 1. The first kappa shape index (κ1) is 15.5. The Balaban J connectivity index is 2.06. The molecule has 1 aliphatic rings. The van der Waals surface area contributed by atoms with Gasteiger partial charge < -0.3 is 4.74 Å². The molecule has 0 aromatic heterocycles. The van der Waals surface area contributed by atoms with Crippen LogP contribution in [0.3, 0.4) is 0 Å². The lowest BCUT2D eigenvalue weighted by Crippen LogP contribution is -2.28. The van der Waals surface area contributed by atoms with Crippen molar-refractivity contribution in [2.75, 3.05) is 17.8 Å². The molecule has 2 aromatic carbocycles. The highest BCUT2D eigenvalue weighted by atomic mass is 35.5. The second-order valence-corrected chi connectivity index (χ2v) is 6.65. The molecule has 6 heteroatoms. The van der Waals surface area contributed by atoms with E-state index >= 15 is 0 Å². The minimum Gasteiger partial charge on any atom is -0.497 e. The molecular formula is C16H13Cl2NO2S. The molecule has 0 spiro atoms. The van der Waals surface area contributed by atoms with E-state index in [2.05, 4.69) is 0 Å². The molecule has 1 fully saturated rings. The molecule has 1 saturated heterocycles. The molecule has 0 N–H and O–H groups in total. The Labute approximate surface area is 143 Å². The molecule has 0 aliphatic carbocycles. The maximum atomic E-state index is 12.4. The number of hydrogen-bond donors (Lipinski definition) is 0. The fraction of sp³-hybridized carbons (Fsp3) is 0.188. The van der Waals surface area contributed by atoms with Crippen LogP contribution in [-0.4, -0.2) is 18.8 Å². The van der Waals surface area contributed by atoms with Crippen molar-refractivity contribution in [1.82, 2.24) is 0 Å². The van der Waals surface area contributed by atoms with Crippen LogP contribution in [0, 0.1) is 0 Å². The number of hydrogen-bond acceptors (Lipinski definition) is 3. The summed E-state index contributed by atoms with van der Waals surface area (Å²) in [5.74, 6) is 1.12. The lowest BCUT2D eigenvalue weighted by molar-refractivity contribution is -0.115. The highest BCUT2D eigenvalue weighted by Gasteiger charge is 2.36. The van der Waals surface area contributed by atoms with E-state index in [-0.39, 0.29) is 11.3 Å². The van der Waals surface area contributed by atoms with Gasteiger partial charge >= 0.3 is 0 Å². The summed E-state index contributed by atoms with van der Waals surface area (Å²) < 4.78 is 5.24. The van der Waals surface area contributed by atoms with Crippen molar-refractivity contribution >= 4 is 46.6 Å². The zero-order chi connectivity index (χ0) is 15.7. The fourth-order valence-electron chi connectivity index (χ4n) is 2.42. The third-order valence-corrected chi connectivity index (χ3v) is 5.28. The van der Waals surface area contributed by atoms with Crippen LogP contribution in [0.15, 0.2) is 42.5 Å². The summed E-state index contributed by atoms with van der Waals surface area (Å²) in [5, 5.41) is 0.890. The van der Waals surface area contributed by atoms with Gasteiger partial charge in [0.25, 0.3) is 0 Å². The van der Waals surface area contributed by atoms with E-state index in [1.54, 1.807) is 30.2 Å². The van der Waals surface area contributed by atoms with Gasteiger partial charge in [0.05, 0.1) is 12.9 Å². The Morgan fingerprint density at radius 3 is 2.55 bits per heavy atom. The summed E-state index contributed by atoms with van der Waals surface area (Å²) in [6, 6.07) is 12.8. The third-order valence-electron chi connectivity index (χ3n) is 3.45. The summed E-state index contributed by atoms with van der Waals surface area (Å²) in [7, 11) is 1.60. The fourth-order valence-corrected chi connectivity index (χ4v) is 4.41. The Kier molecular flexibility index (Phi) is 4.52. The first-order chi connectivity index (χ1) is 10.6. The maximum absolute atomic E-state index is 12.4. The van der Waals surface area contributed by atoms with Crippen LogP contribution in [0.1, 0.15) is 10.9 Å². The van der Waals surface area contributed by atoms with Crippen molar-refractivity contribution in [3.05, 3.63) is 58.1 Å². The van der Waals surface area contributed by atoms with E-state index in [1.807, 2.05) is 24.3 Å². The molecule has 0 bridgehead atoms. The normalized spacial score (nSPS) is 17.9. The summed E-state index contributed by atoms with van der Waals surface area (Å²) >= 11 is 14.1. The maximum Gasteiger partial charge on any atom is 0.238 e. The van der Waals surface area contributed by atoms with Crippen molar-refractivity contribution in [3.8, 4) is 5.75 Å². The van der Waals surface area contributed by atoms with Gasteiger partial charge in [-0.25, -0.2) is 0 Å². The zero-order valence-corrected chi connectivity index (χ0v) is 14.1. The molecule has 2 aromatic rings. The smallest absolute Gasteiger partial charge is 0.238 e. The first-order valence-electron chi connectivity index (χ1n) is 6.63. The molecule has 0 radical (unpaired) electrons. The first-order valence-corrected chi connectivity index (χ1v) is 8.44. The largest absolute Gasteiger partial charge is 0.497 e. The van der Waals surface area contributed by atoms with Crippen molar-refractivity contribution in [1.29, 1.82) is 0 Å². The van der Waals surface area contributed by atoms with Gasteiger partial charge in [0.1, 0.15) is 11.1 Å². The van der Waals surface area contributed by atoms with Gasteiger partial charge in [-0.1, -0.05) is 35.3 Å². The minimum absolute atomic E-state index is 0.0271. The van der Waals surface area contributed by atoms with Gasteiger partial charge in [-0.05, 0) is 24.3 Å². The van der Waals surface area contributed by atoms with Crippen LogP contribution in [0.2, 0.25) is 10.0 Å². The van der Waals surface area contributed by atoms with Crippen molar-refractivity contribution in [3.63, 3.8) is 0 Å². The van der Waals surface area contributed by atoms with Crippen molar-refractivity contribution in [2.45, 2.75) is 5.37 Å². The van der Waals surface area contributed by atoms with E-state index in [0.717, 1.165) is 11.3 Å². The standard InChI is InChI=1S/C16H13Cl2NO2S/c1-21-11-5-2-4-10(8-11)19-14(20)9-22-16(19)15-12(17)6-3-7-13(15)18/h2-8,16H,9H2,1H3. The monoisotopic (exact) mass is 353 g/mol. The molecule has 3 rings (SSSR count). The predicted octanol–water partition coefficient (Wildman–Crippen LogP) is 4.78. The van der Waals surface area contributed by atoms with Crippen LogP contribution < -0.4 is 9.64 Å². The van der Waals surface area contributed by atoms with Crippen LogP contribution >= 0.6 is 35.0 Å². The highest BCUT2D eigenvalue weighted by Crippen LogP contribution is 2.46. The molecule has 22 heavy (non-hydrogen) atoms. The number of thioether (sulfide) groups is 1. The predicted molar refractivity (Wildman–Crippen MR) is 92.1 cm³/mol. The van der Waals surface area contributed by atoms with E-state index in [1.165, 1.54) is 11.8 Å². The average Bonchev–Trinajstić information content (AvgIpc) is 2.89. The number of halogens is 2. The average molecular weight is 354 g/mol. The van der Waals surface area contributed by atoms with Gasteiger partial charge in [0.15, 0.2) is 0 Å². The summed E-state index contributed by atoms with van der Waals surface area (Å²) in [5.41, 5.74) is 1.54. The van der Waals surface area contributed by atoms with Crippen LogP contribution in [-0.2, 0) is 4.79 Å². The zero-order valence-electron chi connectivity index (χ0n) is 11.8. The second kappa shape index (κ2) is 6.41. The third kappa shape index (κ3) is 2.78. The van der Waals surface area contributed by atoms with E-state index in [4.69, 9.17) is 27.9 Å². The van der Waals surface area contributed by atoms with Crippen LogP contribution in [0.25, 0.3) is 0 Å². The minimum atomic E-state index is -0.235. The number of methoxy groups -OCH3 is 1. The number of anilines is 1. The molecule has 1 aliphatic heterocycles. The molecule has 1 unspecified atom stereocenters. The number of rotatable bonds is 3. The number of amides is 1. The molecule has 114 valence electrons.